The van der Waals surface area contributed by atoms with Crippen LogP contribution in [0.3, 0.4) is 0 Å². The fourth-order valence-corrected chi connectivity index (χ4v) is 3.70. The van der Waals surface area contributed by atoms with Crippen LogP contribution in [0.15, 0.2) is 23.2 Å². The van der Waals surface area contributed by atoms with E-state index in [1.165, 1.54) is 0 Å². The first-order valence-corrected chi connectivity index (χ1v) is 10.1. The van der Waals surface area contributed by atoms with Gasteiger partial charge in [-0.15, -0.1) is 24.0 Å². The molecule has 3 N–H and O–H groups in total. The van der Waals surface area contributed by atoms with Crippen LogP contribution in [0.2, 0.25) is 5.02 Å². The van der Waals surface area contributed by atoms with E-state index >= 15 is 0 Å². The summed E-state index contributed by atoms with van der Waals surface area (Å²) < 4.78 is 5.39. The van der Waals surface area contributed by atoms with Gasteiger partial charge >= 0.3 is 0 Å². The molecule has 0 aliphatic heterocycles. The van der Waals surface area contributed by atoms with Crippen LogP contribution in [0.1, 0.15) is 44.1 Å². The number of aliphatic imine (C=N–C) groups is 1. The van der Waals surface area contributed by atoms with Crippen LogP contribution in [-0.4, -0.2) is 38.1 Å². The minimum Gasteiger partial charge on any atom is -0.496 e. The molecule has 2 aliphatic carbocycles. The number of nitrogens with zero attached hydrogens (tertiary/aromatic N) is 1. The largest absolute Gasteiger partial charge is 0.496 e. The van der Waals surface area contributed by atoms with E-state index in [4.69, 9.17) is 16.3 Å². The number of guanidine groups is 1. The maximum atomic E-state index is 12.3. The summed E-state index contributed by atoms with van der Waals surface area (Å²) in [5, 5.41) is 10.6. The summed E-state index contributed by atoms with van der Waals surface area (Å²) in [7, 11) is 3.39. The Morgan fingerprint density at radius 1 is 1.21 bits per heavy atom. The van der Waals surface area contributed by atoms with Gasteiger partial charge in [-0.05, 0) is 44.2 Å². The standard InChI is InChI=1S/C20H29ClN4O2.HI/c1-22-20(23-12-14-6-7-15(21)11-18(14)27-2)25-17-5-3-4-13(10-17)19(26)24-16-8-9-16;/h6-7,11,13,16-17H,3-5,8-10,12H2,1-2H3,(H,24,26)(H2,22,23,25);1H. The summed E-state index contributed by atoms with van der Waals surface area (Å²) in [6, 6.07) is 6.28. The van der Waals surface area contributed by atoms with Gasteiger partial charge in [-0.3, -0.25) is 9.79 Å². The zero-order chi connectivity index (χ0) is 19.2. The molecule has 8 heteroatoms. The van der Waals surface area contributed by atoms with Crippen molar-refractivity contribution in [1.29, 1.82) is 0 Å². The average molecular weight is 521 g/mol. The normalized spacial score (nSPS) is 22.0. The quantitative estimate of drug-likeness (QED) is 0.305. The number of rotatable bonds is 6. The highest BCUT2D eigenvalue weighted by Crippen LogP contribution is 2.27. The Labute approximate surface area is 189 Å². The van der Waals surface area contributed by atoms with E-state index in [9.17, 15) is 4.79 Å². The Balaban J connectivity index is 0.00000280. The number of amides is 1. The van der Waals surface area contributed by atoms with E-state index in [2.05, 4.69) is 20.9 Å². The molecule has 0 aromatic heterocycles. The Morgan fingerprint density at radius 3 is 2.68 bits per heavy atom. The molecule has 1 aromatic carbocycles. The smallest absolute Gasteiger partial charge is 0.223 e. The van der Waals surface area contributed by atoms with Gasteiger partial charge in [0.1, 0.15) is 5.75 Å². The molecule has 1 aromatic rings. The second kappa shape index (κ2) is 11.1. The monoisotopic (exact) mass is 520 g/mol. The van der Waals surface area contributed by atoms with Gasteiger partial charge in [0.15, 0.2) is 5.96 Å². The summed E-state index contributed by atoms with van der Waals surface area (Å²) >= 11 is 6.02. The molecule has 0 radical (unpaired) electrons. The van der Waals surface area contributed by atoms with Crippen molar-refractivity contribution in [3.05, 3.63) is 28.8 Å². The highest BCUT2D eigenvalue weighted by atomic mass is 127. The van der Waals surface area contributed by atoms with Gasteiger partial charge in [0.25, 0.3) is 0 Å². The number of benzene rings is 1. The average Bonchev–Trinajstić information content (AvgIpc) is 3.49. The lowest BCUT2D eigenvalue weighted by atomic mass is 9.85. The Bertz CT molecular complexity index is 697. The molecule has 1 amide bonds. The topological polar surface area (TPSA) is 74.8 Å². The van der Waals surface area contributed by atoms with Crippen molar-refractivity contribution in [1.82, 2.24) is 16.0 Å². The van der Waals surface area contributed by atoms with Crippen molar-refractivity contribution in [3.8, 4) is 5.75 Å². The van der Waals surface area contributed by atoms with Crippen molar-refractivity contribution in [2.45, 2.75) is 57.2 Å². The summed E-state index contributed by atoms with van der Waals surface area (Å²) in [6.07, 6.45) is 6.20. The molecule has 2 unspecified atom stereocenters. The predicted octanol–water partition coefficient (Wildman–Crippen LogP) is 3.47. The zero-order valence-electron chi connectivity index (χ0n) is 16.5. The Morgan fingerprint density at radius 2 is 2.00 bits per heavy atom. The lowest BCUT2D eigenvalue weighted by Crippen LogP contribution is -2.47. The number of nitrogens with one attached hydrogen (secondary N) is 3. The van der Waals surface area contributed by atoms with Gasteiger partial charge in [-0.1, -0.05) is 24.1 Å². The molecule has 0 saturated heterocycles. The molecule has 6 nitrogen and oxygen atoms in total. The third-order valence-electron chi connectivity index (χ3n) is 5.23. The number of halogens is 2. The minimum atomic E-state index is 0. The molecule has 2 saturated carbocycles. The van der Waals surface area contributed by atoms with Gasteiger partial charge in [0.05, 0.1) is 7.11 Å². The van der Waals surface area contributed by atoms with Gasteiger partial charge in [-0.2, -0.15) is 0 Å². The van der Waals surface area contributed by atoms with Gasteiger partial charge in [0.2, 0.25) is 5.91 Å². The summed E-state index contributed by atoms with van der Waals surface area (Å²) in [6.45, 7) is 0.582. The van der Waals surface area contributed by atoms with Crippen LogP contribution in [0.25, 0.3) is 0 Å². The van der Waals surface area contributed by atoms with E-state index < -0.39 is 0 Å². The number of ether oxygens (including phenoxy) is 1. The third kappa shape index (κ3) is 6.69. The van der Waals surface area contributed by atoms with Crippen LogP contribution >= 0.6 is 35.6 Å². The summed E-state index contributed by atoms with van der Waals surface area (Å²) in [4.78, 5) is 16.7. The maximum absolute atomic E-state index is 12.3. The molecule has 2 aliphatic rings. The van der Waals surface area contributed by atoms with Crippen molar-refractivity contribution in [2.24, 2.45) is 10.9 Å². The third-order valence-corrected chi connectivity index (χ3v) is 5.46. The molecular formula is C20H30ClIN4O2. The second-order valence-corrected chi connectivity index (χ2v) is 7.81. The van der Waals surface area contributed by atoms with Gasteiger partial charge in [-0.25, -0.2) is 0 Å². The van der Waals surface area contributed by atoms with E-state index in [-0.39, 0.29) is 41.8 Å². The lowest BCUT2D eigenvalue weighted by Gasteiger charge is -2.30. The van der Waals surface area contributed by atoms with Crippen LogP contribution in [0.4, 0.5) is 0 Å². The molecule has 156 valence electrons. The predicted molar refractivity (Wildman–Crippen MR) is 124 cm³/mol. The number of hydrogen-bond donors (Lipinski definition) is 3. The Hall–Kier alpha value is -1.22. The minimum absolute atomic E-state index is 0. The van der Waals surface area contributed by atoms with Gasteiger partial charge < -0.3 is 20.7 Å². The molecule has 2 fully saturated rings. The molecule has 28 heavy (non-hydrogen) atoms. The Kier molecular flexibility index (Phi) is 9.14. The van der Waals surface area contributed by atoms with Crippen LogP contribution in [0, 0.1) is 5.92 Å². The van der Waals surface area contributed by atoms with Gasteiger partial charge in [0, 0.05) is 42.2 Å². The van der Waals surface area contributed by atoms with Crippen molar-refractivity contribution in [2.75, 3.05) is 14.2 Å². The fraction of sp³-hybridized carbons (Fsp3) is 0.600. The van der Waals surface area contributed by atoms with E-state index in [1.807, 2.05) is 12.1 Å². The van der Waals surface area contributed by atoms with Crippen molar-refractivity contribution < 1.29 is 9.53 Å². The molecule has 0 heterocycles. The maximum Gasteiger partial charge on any atom is 0.223 e. The number of carbonyl (C=O) groups excluding carboxylic acids is 1. The van der Waals surface area contributed by atoms with E-state index in [0.29, 0.717) is 17.6 Å². The molecular weight excluding hydrogens is 491 g/mol. The second-order valence-electron chi connectivity index (χ2n) is 7.37. The zero-order valence-corrected chi connectivity index (χ0v) is 19.6. The first kappa shape index (κ1) is 23.1. The fourth-order valence-electron chi connectivity index (χ4n) is 3.54. The highest BCUT2D eigenvalue weighted by Gasteiger charge is 2.31. The number of hydrogen-bond acceptors (Lipinski definition) is 3. The highest BCUT2D eigenvalue weighted by molar-refractivity contribution is 14.0. The lowest BCUT2D eigenvalue weighted by molar-refractivity contribution is -0.126. The molecule has 3 rings (SSSR count). The molecule has 0 spiro atoms. The molecule has 0 bridgehead atoms. The molecule has 2 atom stereocenters. The number of carbonyl (C=O) groups is 1. The van der Waals surface area contributed by atoms with Crippen LogP contribution in [0.5, 0.6) is 5.75 Å². The first-order chi connectivity index (χ1) is 13.1. The van der Waals surface area contributed by atoms with Crippen molar-refractivity contribution in [3.63, 3.8) is 0 Å². The van der Waals surface area contributed by atoms with Crippen LogP contribution in [-0.2, 0) is 11.3 Å². The number of methoxy groups -OCH3 is 1. The summed E-state index contributed by atoms with van der Waals surface area (Å²) in [5.41, 5.74) is 1.01. The van der Waals surface area contributed by atoms with E-state index in [0.717, 1.165) is 55.8 Å². The SMILES string of the molecule is CN=C(NCc1ccc(Cl)cc1OC)NC1CCCC(C(=O)NC2CC2)C1.I. The van der Waals surface area contributed by atoms with E-state index in [1.54, 1.807) is 20.2 Å². The van der Waals surface area contributed by atoms with Crippen LogP contribution < -0.4 is 20.7 Å². The van der Waals surface area contributed by atoms with Crippen molar-refractivity contribution >= 4 is 47.4 Å². The summed E-state index contributed by atoms with van der Waals surface area (Å²) in [5.74, 6) is 1.81. The first-order valence-electron chi connectivity index (χ1n) is 9.69.